The first-order valence-electron chi connectivity index (χ1n) is 10.9. The molecule has 2 fully saturated rings. The monoisotopic (exact) mass is 497 g/mol. The Morgan fingerprint density at radius 2 is 1.94 bits per heavy atom. The van der Waals surface area contributed by atoms with E-state index in [1.54, 1.807) is 31.5 Å². The first-order chi connectivity index (χ1) is 15.5. The van der Waals surface area contributed by atoms with Crippen molar-refractivity contribution >= 4 is 38.2 Å². The van der Waals surface area contributed by atoms with Crippen molar-refractivity contribution in [3.05, 3.63) is 30.1 Å². The lowest BCUT2D eigenvalue weighted by molar-refractivity contribution is 0.0135. The molecule has 0 bridgehead atoms. The summed E-state index contributed by atoms with van der Waals surface area (Å²) in [5, 5.41) is 0.288. The molecule has 2 aliphatic heterocycles. The van der Waals surface area contributed by atoms with E-state index in [4.69, 9.17) is 4.74 Å². The van der Waals surface area contributed by atoms with Crippen LogP contribution in [0.4, 0.5) is 4.79 Å². The summed E-state index contributed by atoms with van der Waals surface area (Å²) in [5.41, 5.74) is 0.994. The van der Waals surface area contributed by atoms with Gasteiger partial charge in [-0.2, -0.15) is 0 Å². The van der Waals surface area contributed by atoms with E-state index in [0.29, 0.717) is 31.6 Å². The number of sulfonamides is 1. The minimum absolute atomic E-state index is 0.115. The highest BCUT2D eigenvalue weighted by atomic mass is 32.2. The lowest BCUT2D eigenvalue weighted by Crippen LogP contribution is -2.61. The van der Waals surface area contributed by atoms with Crippen LogP contribution in [-0.4, -0.2) is 79.1 Å². The number of pyridine rings is 1. The van der Waals surface area contributed by atoms with Crippen LogP contribution in [0.3, 0.4) is 0 Å². The molecule has 10 nitrogen and oxygen atoms in total. The maximum atomic E-state index is 13.1. The highest BCUT2D eigenvalue weighted by molar-refractivity contribution is 7.89. The number of hydrogen-bond acceptors (Lipinski definition) is 7. The van der Waals surface area contributed by atoms with Gasteiger partial charge in [0, 0.05) is 44.0 Å². The molecule has 0 saturated carbocycles. The molecule has 4 rings (SSSR count). The fourth-order valence-electron chi connectivity index (χ4n) is 4.42. The zero-order chi connectivity index (χ0) is 24.0. The molecular formula is C21H29N4O6S2-. The van der Waals surface area contributed by atoms with Gasteiger partial charge in [-0.1, -0.05) is 0 Å². The van der Waals surface area contributed by atoms with Crippen LogP contribution in [0.15, 0.2) is 24.5 Å². The first-order valence-corrected chi connectivity index (χ1v) is 13.7. The highest BCUT2D eigenvalue weighted by Crippen LogP contribution is 2.35. The van der Waals surface area contributed by atoms with Crippen LogP contribution >= 0.6 is 0 Å². The molecule has 1 atom stereocenters. The fourth-order valence-corrected chi connectivity index (χ4v) is 6.72. The molecule has 1 unspecified atom stereocenters. The third kappa shape index (κ3) is 5.08. The van der Waals surface area contributed by atoms with Crippen molar-refractivity contribution in [2.45, 2.75) is 56.3 Å². The molecule has 0 aliphatic carbocycles. The Morgan fingerprint density at radius 3 is 2.55 bits per heavy atom. The summed E-state index contributed by atoms with van der Waals surface area (Å²) in [4.78, 5) is 17.9. The third-order valence-corrected chi connectivity index (χ3v) is 8.80. The quantitative estimate of drug-likeness (QED) is 0.579. The van der Waals surface area contributed by atoms with Crippen molar-refractivity contribution in [1.82, 2.24) is 18.8 Å². The number of carbonyl (C=O) groups is 1. The standard InChI is InChI=1S/C21H30N4O6S2/c1-21(2,3)31-20(26)23-11-16(12-23)33(29,30)25-9-6-15(7-10-25)18-13-24(14-32(27)28)19-17(18)5-4-8-22-19/h4-5,8,13,15-16H,6-7,9-12,14H2,1-3H3,(H,27,28)/p-1. The Bertz CT molecular complexity index is 1160. The molecule has 2 aromatic heterocycles. The van der Waals surface area contributed by atoms with Gasteiger partial charge in [-0.25, -0.2) is 22.5 Å². The number of carbonyl (C=O) groups excluding carboxylic acids is 1. The Hall–Kier alpha value is -2.02. The molecule has 0 N–H and O–H groups in total. The van der Waals surface area contributed by atoms with Crippen LogP contribution in [0.5, 0.6) is 0 Å². The van der Waals surface area contributed by atoms with E-state index in [9.17, 15) is 22.0 Å². The van der Waals surface area contributed by atoms with Crippen molar-refractivity contribution < 1.29 is 26.7 Å². The molecule has 0 aromatic carbocycles. The molecule has 182 valence electrons. The van der Waals surface area contributed by atoms with Gasteiger partial charge in [0.15, 0.2) is 0 Å². The van der Waals surface area contributed by atoms with Crippen LogP contribution in [0.1, 0.15) is 45.1 Å². The Kier molecular flexibility index (Phi) is 6.56. The van der Waals surface area contributed by atoms with Crippen LogP contribution in [0, 0.1) is 0 Å². The van der Waals surface area contributed by atoms with E-state index in [0.717, 1.165) is 10.9 Å². The van der Waals surface area contributed by atoms with Gasteiger partial charge < -0.3 is 18.8 Å². The summed E-state index contributed by atoms with van der Waals surface area (Å²) in [5.74, 6) is -0.0551. The summed E-state index contributed by atoms with van der Waals surface area (Å²) in [6.45, 7) is 6.38. The van der Waals surface area contributed by atoms with Gasteiger partial charge in [0.05, 0.1) is 5.88 Å². The normalized spacial score (nSPS) is 20.1. The third-order valence-electron chi connectivity index (χ3n) is 6.08. The highest BCUT2D eigenvalue weighted by Gasteiger charge is 2.45. The summed E-state index contributed by atoms with van der Waals surface area (Å²) in [6.07, 6.45) is 4.24. The van der Waals surface area contributed by atoms with Gasteiger partial charge in [-0.3, -0.25) is 4.21 Å². The SMILES string of the molecule is CC(C)(C)OC(=O)N1CC(S(=O)(=O)N2CCC(c3cn(CS(=O)[O-])c4ncccc34)CC2)C1. The van der Waals surface area contributed by atoms with E-state index >= 15 is 0 Å². The Labute approximate surface area is 196 Å². The van der Waals surface area contributed by atoms with Gasteiger partial charge >= 0.3 is 6.09 Å². The van der Waals surface area contributed by atoms with Crippen molar-refractivity contribution in [1.29, 1.82) is 0 Å². The number of likely N-dealkylation sites (tertiary alicyclic amines) is 1. The predicted octanol–water partition coefficient (Wildman–Crippen LogP) is 2.00. The molecule has 2 saturated heterocycles. The fraction of sp³-hybridized carbons (Fsp3) is 0.619. The van der Waals surface area contributed by atoms with E-state index < -0.39 is 38.0 Å². The molecule has 2 aliphatic rings. The molecule has 33 heavy (non-hydrogen) atoms. The maximum Gasteiger partial charge on any atom is 0.410 e. The number of amides is 1. The first kappa shape index (κ1) is 24.1. The second kappa shape index (κ2) is 8.97. The van der Waals surface area contributed by atoms with Crippen LogP contribution in [0.2, 0.25) is 0 Å². The smallest absolute Gasteiger partial charge is 0.410 e. The van der Waals surface area contributed by atoms with E-state index in [2.05, 4.69) is 4.98 Å². The zero-order valence-corrected chi connectivity index (χ0v) is 20.6. The number of piperidine rings is 1. The van der Waals surface area contributed by atoms with Crippen LogP contribution < -0.4 is 0 Å². The minimum atomic E-state index is -3.51. The van der Waals surface area contributed by atoms with Gasteiger partial charge in [0.2, 0.25) is 10.0 Å². The topological polar surface area (TPSA) is 125 Å². The molecule has 1 amide bonds. The van der Waals surface area contributed by atoms with Crippen molar-refractivity contribution in [3.8, 4) is 0 Å². The summed E-state index contributed by atoms with van der Waals surface area (Å²) in [7, 11) is -3.51. The molecule has 0 radical (unpaired) electrons. The maximum absolute atomic E-state index is 13.1. The van der Waals surface area contributed by atoms with Crippen molar-refractivity contribution in [3.63, 3.8) is 0 Å². The molecular weight excluding hydrogens is 468 g/mol. The number of rotatable bonds is 5. The van der Waals surface area contributed by atoms with Gasteiger partial charge in [-0.05, 0) is 68.3 Å². The number of nitrogens with zero attached hydrogens (tertiary/aromatic N) is 4. The lowest BCUT2D eigenvalue weighted by Gasteiger charge is -2.42. The Balaban J connectivity index is 1.39. The minimum Gasteiger partial charge on any atom is -0.771 e. The Morgan fingerprint density at radius 1 is 1.27 bits per heavy atom. The predicted molar refractivity (Wildman–Crippen MR) is 123 cm³/mol. The lowest BCUT2D eigenvalue weighted by atomic mass is 9.90. The molecule has 2 aromatic rings. The summed E-state index contributed by atoms with van der Waals surface area (Å²) in [6, 6.07) is 3.74. The number of aromatic nitrogens is 2. The van der Waals surface area contributed by atoms with Gasteiger partial charge in [-0.15, -0.1) is 0 Å². The summed E-state index contributed by atoms with van der Waals surface area (Å²) < 4.78 is 57.0. The van der Waals surface area contributed by atoms with Crippen molar-refractivity contribution in [2.75, 3.05) is 26.2 Å². The van der Waals surface area contributed by atoms with E-state index in [1.807, 2.05) is 18.3 Å². The van der Waals surface area contributed by atoms with Gasteiger partial charge in [0.25, 0.3) is 0 Å². The van der Waals surface area contributed by atoms with Crippen molar-refractivity contribution in [2.24, 2.45) is 0 Å². The number of fused-ring (bicyclic) bond motifs is 1. The average Bonchev–Trinajstić information content (AvgIpc) is 3.03. The van der Waals surface area contributed by atoms with Crippen LogP contribution in [0.25, 0.3) is 11.0 Å². The van der Waals surface area contributed by atoms with Gasteiger partial charge in [0.1, 0.15) is 16.5 Å². The number of hydrogen-bond donors (Lipinski definition) is 0. The van der Waals surface area contributed by atoms with E-state index in [1.165, 1.54) is 9.21 Å². The van der Waals surface area contributed by atoms with E-state index in [-0.39, 0.29) is 24.9 Å². The molecule has 0 spiro atoms. The second-order valence-corrected chi connectivity index (χ2v) is 12.7. The molecule has 4 heterocycles. The second-order valence-electron chi connectivity index (χ2n) is 9.59. The van der Waals surface area contributed by atoms with Crippen LogP contribution in [-0.2, 0) is 31.7 Å². The summed E-state index contributed by atoms with van der Waals surface area (Å²) >= 11 is -2.25. The number of ether oxygens (including phenoxy) is 1. The average molecular weight is 498 g/mol. The molecule has 12 heteroatoms. The zero-order valence-electron chi connectivity index (χ0n) is 19.0. The largest absolute Gasteiger partial charge is 0.771 e.